The second-order valence-corrected chi connectivity index (χ2v) is 7.75. The van der Waals surface area contributed by atoms with Gasteiger partial charge < -0.3 is 4.74 Å². The summed E-state index contributed by atoms with van der Waals surface area (Å²) < 4.78 is 6.00. The molecule has 0 radical (unpaired) electrons. The standard InChI is InChI=1S/C13H20N2O2S2/c1-9(19-12-14-6-7-18-12)8-13(2,11(16)17-3)15-10-4-5-10/h6-7,9-10,15H,4-5,8H2,1-3H3. The van der Waals surface area contributed by atoms with Crippen molar-refractivity contribution in [3.8, 4) is 0 Å². The first-order chi connectivity index (χ1) is 9.03. The molecular weight excluding hydrogens is 280 g/mol. The number of nitrogens with one attached hydrogen (secondary N) is 1. The largest absolute Gasteiger partial charge is 0.468 e. The fraction of sp³-hybridized carbons (Fsp3) is 0.692. The smallest absolute Gasteiger partial charge is 0.325 e. The average Bonchev–Trinajstić information content (AvgIpc) is 3.01. The number of methoxy groups -OCH3 is 1. The number of aromatic nitrogens is 1. The highest BCUT2D eigenvalue weighted by molar-refractivity contribution is 8.01. The molecule has 0 bridgehead atoms. The van der Waals surface area contributed by atoms with Crippen molar-refractivity contribution in [2.24, 2.45) is 0 Å². The lowest BCUT2D eigenvalue weighted by atomic mass is 9.96. The zero-order chi connectivity index (χ0) is 13.9. The Kier molecular flexibility index (Phi) is 4.86. The Morgan fingerprint density at radius 2 is 2.47 bits per heavy atom. The minimum atomic E-state index is -0.598. The van der Waals surface area contributed by atoms with Crippen molar-refractivity contribution in [2.75, 3.05) is 7.11 Å². The molecule has 2 unspecified atom stereocenters. The normalized spacial score (nSPS) is 19.7. The van der Waals surface area contributed by atoms with Crippen LogP contribution in [0.15, 0.2) is 15.9 Å². The first kappa shape index (κ1) is 14.8. The number of carbonyl (C=O) groups excluding carboxylic acids is 1. The number of ether oxygens (including phenoxy) is 1. The van der Waals surface area contributed by atoms with Crippen molar-refractivity contribution in [2.45, 2.75) is 54.3 Å². The third-order valence-electron chi connectivity index (χ3n) is 3.14. The Morgan fingerprint density at radius 3 is 3.00 bits per heavy atom. The summed E-state index contributed by atoms with van der Waals surface area (Å²) in [5.41, 5.74) is -0.598. The molecule has 1 N–H and O–H groups in total. The van der Waals surface area contributed by atoms with Gasteiger partial charge >= 0.3 is 5.97 Å². The molecular formula is C13H20N2O2S2. The van der Waals surface area contributed by atoms with Crippen molar-refractivity contribution in [3.05, 3.63) is 11.6 Å². The highest BCUT2D eigenvalue weighted by Crippen LogP contribution is 2.32. The molecule has 1 aliphatic rings. The molecule has 6 heteroatoms. The number of thiazole rings is 1. The topological polar surface area (TPSA) is 51.2 Å². The predicted octanol–water partition coefficient (Wildman–Crippen LogP) is 2.70. The van der Waals surface area contributed by atoms with Crippen molar-refractivity contribution < 1.29 is 9.53 Å². The van der Waals surface area contributed by atoms with Gasteiger partial charge in [0.1, 0.15) is 9.88 Å². The molecule has 106 valence electrons. The van der Waals surface area contributed by atoms with Gasteiger partial charge in [0.15, 0.2) is 0 Å². The molecule has 0 aromatic carbocycles. The van der Waals surface area contributed by atoms with Gasteiger partial charge in [0, 0.05) is 22.9 Å². The van der Waals surface area contributed by atoms with E-state index in [1.165, 1.54) is 7.11 Å². The van der Waals surface area contributed by atoms with Crippen LogP contribution >= 0.6 is 23.1 Å². The van der Waals surface area contributed by atoms with E-state index in [1.54, 1.807) is 23.1 Å². The second-order valence-electron chi connectivity index (χ2n) is 5.17. The maximum absolute atomic E-state index is 12.0. The summed E-state index contributed by atoms with van der Waals surface area (Å²) in [7, 11) is 1.45. The lowest BCUT2D eigenvalue weighted by Gasteiger charge is -2.30. The second kappa shape index (κ2) is 6.24. The monoisotopic (exact) mass is 300 g/mol. The average molecular weight is 300 g/mol. The van der Waals surface area contributed by atoms with Crippen molar-refractivity contribution >= 4 is 29.1 Å². The Labute approximate surface area is 122 Å². The van der Waals surface area contributed by atoms with Crippen molar-refractivity contribution in [3.63, 3.8) is 0 Å². The van der Waals surface area contributed by atoms with Gasteiger partial charge in [-0.1, -0.05) is 18.7 Å². The van der Waals surface area contributed by atoms with E-state index in [0.717, 1.165) is 23.6 Å². The molecule has 0 saturated heterocycles. The summed E-state index contributed by atoms with van der Waals surface area (Å²) in [6.45, 7) is 4.07. The molecule has 1 fully saturated rings. The van der Waals surface area contributed by atoms with Crippen LogP contribution in [0.4, 0.5) is 0 Å². The molecule has 19 heavy (non-hydrogen) atoms. The first-order valence-electron chi connectivity index (χ1n) is 6.46. The zero-order valence-corrected chi connectivity index (χ0v) is 13.1. The van der Waals surface area contributed by atoms with E-state index in [2.05, 4.69) is 17.2 Å². The summed E-state index contributed by atoms with van der Waals surface area (Å²) in [6, 6.07) is 0.473. The van der Waals surface area contributed by atoms with Crippen LogP contribution in [0.1, 0.15) is 33.1 Å². The SMILES string of the molecule is COC(=O)C(C)(CC(C)Sc1nccs1)NC1CC1. The Bertz CT molecular complexity index is 420. The maximum atomic E-state index is 12.0. The van der Waals surface area contributed by atoms with Crippen molar-refractivity contribution in [1.82, 2.24) is 10.3 Å². The minimum Gasteiger partial charge on any atom is -0.468 e. The fourth-order valence-corrected chi connectivity index (χ4v) is 4.29. The van der Waals surface area contributed by atoms with E-state index in [1.807, 2.05) is 18.5 Å². The summed E-state index contributed by atoms with van der Waals surface area (Å²) in [5, 5.41) is 5.70. The molecule has 1 aromatic heterocycles. The highest BCUT2D eigenvalue weighted by atomic mass is 32.2. The number of esters is 1. The summed E-state index contributed by atoms with van der Waals surface area (Å²) in [5.74, 6) is -0.175. The number of nitrogens with zero attached hydrogens (tertiary/aromatic N) is 1. The van der Waals surface area contributed by atoms with E-state index in [0.29, 0.717) is 11.3 Å². The lowest BCUT2D eigenvalue weighted by molar-refractivity contribution is -0.148. The number of hydrogen-bond donors (Lipinski definition) is 1. The van der Waals surface area contributed by atoms with Gasteiger partial charge in [0.05, 0.1) is 7.11 Å². The van der Waals surface area contributed by atoms with Crippen molar-refractivity contribution in [1.29, 1.82) is 0 Å². The zero-order valence-electron chi connectivity index (χ0n) is 11.5. The van der Waals surface area contributed by atoms with E-state index < -0.39 is 5.54 Å². The van der Waals surface area contributed by atoms with Gasteiger partial charge in [-0.25, -0.2) is 4.98 Å². The third-order valence-corrected chi connectivity index (χ3v) is 5.16. The van der Waals surface area contributed by atoms with Crippen LogP contribution in [0, 0.1) is 0 Å². The van der Waals surface area contributed by atoms with E-state index in [4.69, 9.17) is 4.74 Å². The molecule has 1 aliphatic carbocycles. The molecule has 0 amide bonds. The molecule has 1 saturated carbocycles. The molecule has 2 rings (SSSR count). The van der Waals surface area contributed by atoms with Gasteiger partial charge in [-0.05, 0) is 26.2 Å². The van der Waals surface area contributed by atoms with Gasteiger partial charge in [-0.15, -0.1) is 11.3 Å². The third kappa shape index (κ3) is 4.19. The quantitative estimate of drug-likeness (QED) is 0.620. The van der Waals surface area contributed by atoms with Crippen LogP contribution in [0.2, 0.25) is 0 Å². The molecule has 0 aliphatic heterocycles. The van der Waals surface area contributed by atoms with Gasteiger partial charge in [-0.3, -0.25) is 10.1 Å². The molecule has 1 heterocycles. The number of thioether (sulfide) groups is 1. The van der Waals surface area contributed by atoms with Gasteiger partial charge in [0.2, 0.25) is 0 Å². The van der Waals surface area contributed by atoms with Crippen LogP contribution in [-0.2, 0) is 9.53 Å². The predicted molar refractivity (Wildman–Crippen MR) is 78.6 cm³/mol. The number of hydrogen-bond acceptors (Lipinski definition) is 6. The van der Waals surface area contributed by atoms with Crippen LogP contribution in [0.25, 0.3) is 0 Å². The molecule has 4 nitrogen and oxygen atoms in total. The Balaban J connectivity index is 1.96. The van der Waals surface area contributed by atoms with Crippen LogP contribution in [0.5, 0.6) is 0 Å². The molecule has 0 spiro atoms. The van der Waals surface area contributed by atoms with Gasteiger partial charge in [0.25, 0.3) is 0 Å². The fourth-order valence-electron chi connectivity index (χ4n) is 2.16. The summed E-state index contributed by atoms with van der Waals surface area (Å²) in [6.07, 6.45) is 4.85. The van der Waals surface area contributed by atoms with E-state index in [-0.39, 0.29) is 5.97 Å². The lowest BCUT2D eigenvalue weighted by Crippen LogP contribution is -2.52. The minimum absolute atomic E-state index is 0.175. The maximum Gasteiger partial charge on any atom is 0.325 e. The van der Waals surface area contributed by atoms with E-state index in [9.17, 15) is 4.79 Å². The van der Waals surface area contributed by atoms with E-state index >= 15 is 0 Å². The summed E-state index contributed by atoms with van der Waals surface area (Å²) >= 11 is 3.35. The number of rotatable bonds is 7. The molecule has 1 aromatic rings. The summed E-state index contributed by atoms with van der Waals surface area (Å²) in [4.78, 5) is 16.3. The molecule has 2 atom stereocenters. The van der Waals surface area contributed by atoms with Crippen LogP contribution in [0.3, 0.4) is 0 Å². The Hall–Kier alpha value is -0.590. The first-order valence-corrected chi connectivity index (χ1v) is 8.21. The Morgan fingerprint density at radius 1 is 1.74 bits per heavy atom. The highest BCUT2D eigenvalue weighted by Gasteiger charge is 2.40. The van der Waals surface area contributed by atoms with Crippen LogP contribution in [-0.4, -0.2) is 34.9 Å². The number of carbonyl (C=O) groups is 1. The van der Waals surface area contributed by atoms with Gasteiger partial charge in [-0.2, -0.15) is 0 Å². The van der Waals surface area contributed by atoms with Crippen LogP contribution < -0.4 is 5.32 Å².